The Balaban J connectivity index is 1.87. The maximum absolute atomic E-state index is 4.44. The van der Waals surface area contributed by atoms with Gasteiger partial charge in [0.05, 0.1) is 5.69 Å². The predicted octanol–water partition coefficient (Wildman–Crippen LogP) is 2.11. The van der Waals surface area contributed by atoms with Crippen LogP contribution in [0.3, 0.4) is 0 Å². The zero-order valence-electron chi connectivity index (χ0n) is 11.2. The minimum atomic E-state index is 0.803. The summed E-state index contributed by atoms with van der Waals surface area (Å²) in [7, 11) is 4.18. The fourth-order valence-electron chi connectivity index (χ4n) is 2.71. The average Bonchev–Trinajstić information content (AvgIpc) is 2.94. The summed E-state index contributed by atoms with van der Waals surface area (Å²) in [6.07, 6.45) is 7.67. The average molecular weight is 236 g/mol. The summed E-state index contributed by atoms with van der Waals surface area (Å²) in [6.45, 7) is 4.16. The first kappa shape index (κ1) is 12.4. The molecule has 0 bridgehead atoms. The Kier molecular flexibility index (Phi) is 4.05. The summed E-state index contributed by atoms with van der Waals surface area (Å²) >= 11 is 0. The summed E-state index contributed by atoms with van der Waals surface area (Å²) in [6, 6.07) is 0.803. The van der Waals surface area contributed by atoms with Crippen molar-refractivity contribution >= 4 is 5.95 Å². The third kappa shape index (κ3) is 3.00. The van der Waals surface area contributed by atoms with Crippen molar-refractivity contribution in [2.45, 2.75) is 45.2 Å². The monoisotopic (exact) mass is 236 g/mol. The number of nitrogens with zero attached hydrogens (tertiary/aromatic N) is 3. The van der Waals surface area contributed by atoms with Crippen LogP contribution in [-0.2, 0) is 6.54 Å². The summed E-state index contributed by atoms with van der Waals surface area (Å²) in [5.41, 5.74) is 1.08. The van der Waals surface area contributed by atoms with Crippen LogP contribution in [0.1, 0.15) is 31.4 Å². The van der Waals surface area contributed by atoms with Crippen LogP contribution < -0.4 is 5.32 Å². The maximum atomic E-state index is 4.44. The second-order valence-electron chi connectivity index (χ2n) is 5.07. The molecule has 2 rings (SSSR count). The minimum absolute atomic E-state index is 0.803. The molecule has 1 aromatic rings. The van der Waals surface area contributed by atoms with Gasteiger partial charge in [-0.25, -0.2) is 4.98 Å². The fourth-order valence-corrected chi connectivity index (χ4v) is 2.71. The second-order valence-corrected chi connectivity index (χ2v) is 5.07. The van der Waals surface area contributed by atoms with Crippen molar-refractivity contribution in [3.05, 3.63) is 11.9 Å². The fraction of sp³-hybridized carbons (Fsp3) is 0.769. The van der Waals surface area contributed by atoms with Crippen molar-refractivity contribution in [3.63, 3.8) is 0 Å². The molecule has 0 amide bonds. The molecule has 1 fully saturated rings. The van der Waals surface area contributed by atoms with E-state index < -0.39 is 0 Å². The first-order valence-electron chi connectivity index (χ1n) is 6.62. The lowest BCUT2D eigenvalue weighted by Gasteiger charge is -2.24. The highest BCUT2D eigenvalue weighted by Gasteiger charge is 2.19. The Morgan fingerprint density at radius 1 is 1.47 bits per heavy atom. The largest absolute Gasteiger partial charge is 0.359 e. The molecule has 0 radical (unpaired) electrons. The number of aromatic nitrogens is 2. The van der Waals surface area contributed by atoms with E-state index in [0.29, 0.717) is 0 Å². The standard InChI is InChI=1S/C13H24N4/c1-11-10-17(13(14-2)15-11)9-8-16(3)12-6-4-5-7-12/h10,12H,4-9H2,1-3H3,(H,14,15). The zero-order valence-corrected chi connectivity index (χ0v) is 11.2. The Morgan fingerprint density at radius 2 is 2.18 bits per heavy atom. The van der Waals surface area contributed by atoms with Crippen LogP contribution in [0.15, 0.2) is 6.20 Å². The lowest BCUT2D eigenvalue weighted by Crippen LogP contribution is -2.32. The summed E-state index contributed by atoms with van der Waals surface area (Å²) in [5, 5.41) is 3.14. The molecular weight excluding hydrogens is 212 g/mol. The Bertz CT molecular complexity index is 352. The maximum Gasteiger partial charge on any atom is 0.202 e. The van der Waals surface area contributed by atoms with Crippen molar-refractivity contribution in [3.8, 4) is 0 Å². The molecular formula is C13H24N4. The molecule has 1 saturated carbocycles. The van der Waals surface area contributed by atoms with E-state index >= 15 is 0 Å². The van der Waals surface area contributed by atoms with Gasteiger partial charge in [0.2, 0.25) is 5.95 Å². The zero-order chi connectivity index (χ0) is 12.3. The molecule has 4 heteroatoms. The van der Waals surface area contributed by atoms with Crippen LogP contribution in [0.5, 0.6) is 0 Å². The van der Waals surface area contributed by atoms with Crippen LogP contribution in [0.2, 0.25) is 0 Å². The molecule has 0 saturated heterocycles. The van der Waals surface area contributed by atoms with Gasteiger partial charge in [0.15, 0.2) is 0 Å². The molecule has 17 heavy (non-hydrogen) atoms. The Labute approximate surface area is 104 Å². The van der Waals surface area contributed by atoms with Gasteiger partial charge in [-0.1, -0.05) is 12.8 Å². The molecule has 96 valence electrons. The summed E-state index contributed by atoms with van der Waals surface area (Å²) < 4.78 is 2.21. The van der Waals surface area contributed by atoms with Gasteiger partial charge in [-0.15, -0.1) is 0 Å². The van der Waals surface area contributed by atoms with E-state index in [1.807, 2.05) is 14.0 Å². The lowest BCUT2D eigenvalue weighted by molar-refractivity contribution is 0.237. The topological polar surface area (TPSA) is 33.1 Å². The highest BCUT2D eigenvalue weighted by molar-refractivity contribution is 5.27. The van der Waals surface area contributed by atoms with Gasteiger partial charge in [0.1, 0.15) is 0 Å². The SMILES string of the molecule is CNc1nc(C)cn1CCN(C)C1CCCC1. The van der Waals surface area contributed by atoms with Crippen molar-refractivity contribution in [2.75, 3.05) is 26.0 Å². The van der Waals surface area contributed by atoms with Crippen molar-refractivity contribution in [1.29, 1.82) is 0 Å². The van der Waals surface area contributed by atoms with E-state index in [-0.39, 0.29) is 0 Å². The Hall–Kier alpha value is -1.03. The molecule has 1 heterocycles. The van der Waals surface area contributed by atoms with Crippen molar-refractivity contribution < 1.29 is 0 Å². The van der Waals surface area contributed by atoms with E-state index in [4.69, 9.17) is 0 Å². The van der Waals surface area contributed by atoms with Crippen LogP contribution >= 0.6 is 0 Å². The summed E-state index contributed by atoms with van der Waals surface area (Å²) in [4.78, 5) is 6.94. The number of hydrogen-bond acceptors (Lipinski definition) is 3. The second kappa shape index (κ2) is 5.54. The first-order valence-corrected chi connectivity index (χ1v) is 6.62. The molecule has 1 N–H and O–H groups in total. The van der Waals surface area contributed by atoms with Gasteiger partial charge in [0.25, 0.3) is 0 Å². The van der Waals surface area contributed by atoms with Gasteiger partial charge >= 0.3 is 0 Å². The van der Waals surface area contributed by atoms with E-state index in [1.54, 1.807) is 0 Å². The highest BCUT2D eigenvalue weighted by Crippen LogP contribution is 2.22. The van der Waals surface area contributed by atoms with Crippen LogP contribution in [0.4, 0.5) is 5.95 Å². The third-order valence-electron chi connectivity index (χ3n) is 3.76. The van der Waals surface area contributed by atoms with E-state index in [2.05, 4.69) is 33.0 Å². The number of nitrogens with one attached hydrogen (secondary N) is 1. The number of hydrogen-bond donors (Lipinski definition) is 1. The van der Waals surface area contributed by atoms with Gasteiger partial charge in [0, 0.05) is 32.4 Å². The van der Waals surface area contributed by atoms with E-state index in [9.17, 15) is 0 Å². The molecule has 0 atom stereocenters. The molecule has 0 unspecified atom stereocenters. The highest BCUT2D eigenvalue weighted by atomic mass is 15.2. The van der Waals surface area contributed by atoms with Crippen molar-refractivity contribution in [2.24, 2.45) is 0 Å². The van der Waals surface area contributed by atoms with Crippen LogP contribution in [0.25, 0.3) is 0 Å². The number of rotatable bonds is 5. The quantitative estimate of drug-likeness (QED) is 0.850. The smallest absolute Gasteiger partial charge is 0.202 e. The molecule has 1 aliphatic carbocycles. The lowest BCUT2D eigenvalue weighted by atomic mass is 10.2. The van der Waals surface area contributed by atoms with Gasteiger partial charge < -0.3 is 14.8 Å². The van der Waals surface area contributed by atoms with E-state index in [0.717, 1.165) is 30.8 Å². The number of anilines is 1. The molecule has 1 aromatic heterocycles. The molecule has 0 aromatic carbocycles. The first-order chi connectivity index (χ1) is 8.20. The Morgan fingerprint density at radius 3 is 2.82 bits per heavy atom. The van der Waals surface area contributed by atoms with Crippen molar-refractivity contribution in [1.82, 2.24) is 14.5 Å². The normalized spacial score (nSPS) is 16.9. The predicted molar refractivity (Wildman–Crippen MR) is 71.4 cm³/mol. The van der Waals surface area contributed by atoms with Crippen LogP contribution in [-0.4, -0.2) is 41.1 Å². The number of aryl methyl sites for hydroxylation is 1. The summed E-state index contributed by atoms with van der Waals surface area (Å²) in [5.74, 6) is 0.974. The van der Waals surface area contributed by atoms with Gasteiger partial charge in [-0.2, -0.15) is 0 Å². The van der Waals surface area contributed by atoms with Gasteiger partial charge in [-0.05, 0) is 26.8 Å². The van der Waals surface area contributed by atoms with Crippen LogP contribution in [0, 0.1) is 6.92 Å². The molecule has 1 aliphatic rings. The third-order valence-corrected chi connectivity index (χ3v) is 3.76. The minimum Gasteiger partial charge on any atom is -0.359 e. The molecule has 4 nitrogen and oxygen atoms in total. The number of likely N-dealkylation sites (N-methyl/N-ethyl adjacent to an activating group) is 1. The molecule has 0 spiro atoms. The van der Waals surface area contributed by atoms with E-state index in [1.165, 1.54) is 25.7 Å². The van der Waals surface area contributed by atoms with Gasteiger partial charge in [-0.3, -0.25) is 0 Å². The molecule has 0 aliphatic heterocycles. The number of imidazole rings is 1.